The van der Waals surface area contributed by atoms with Gasteiger partial charge in [0.25, 0.3) is 5.69 Å². The van der Waals surface area contributed by atoms with E-state index in [2.05, 4.69) is 35.7 Å². The zero-order valence-electron chi connectivity index (χ0n) is 22.2. The number of allylic oxidation sites excluding steroid dienone is 2. The second-order valence-corrected chi connectivity index (χ2v) is 13.6. The van der Waals surface area contributed by atoms with Crippen molar-refractivity contribution in [2.45, 2.75) is 26.7 Å². The number of nitro benzene ring substituents is 1. The Morgan fingerprint density at radius 1 is 0.923 bits per heavy atom. The van der Waals surface area contributed by atoms with Crippen LogP contribution in [0.4, 0.5) is 17.1 Å². The van der Waals surface area contributed by atoms with Crippen LogP contribution >= 0.6 is 7.21 Å². The lowest BCUT2D eigenvalue weighted by molar-refractivity contribution is -0.384. The van der Waals surface area contributed by atoms with E-state index < -0.39 is 7.21 Å². The van der Waals surface area contributed by atoms with E-state index in [-0.39, 0.29) is 16.0 Å². The maximum Gasteiger partial charge on any atom is 0.294 e. The minimum absolute atomic E-state index is 0.000991. The van der Waals surface area contributed by atoms with Crippen LogP contribution in [0.5, 0.6) is 0 Å². The van der Waals surface area contributed by atoms with Gasteiger partial charge in [-0.05, 0) is 36.5 Å². The molecule has 1 atom stereocenters. The van der Waals surface area contributed by atoms with Gasteiger partial charge >= 0.3 is 0 Å². The summed E-state index contributed by atoms with van der Waals surface area (Å²) in [5.74, 6) is 0. The molecule has 6 rings (SSSR count). The SMILES string of the molecule is CC1(C)CC2=NN(c3ccccc3)[P@@](=Nc3ccccc3[N+](=O)[O-])(c3ccccc3)C2=C(N2CCOCC2)C1. The van der Waals surface area contributed by atoms with E-state index in [0.717, 1.165) is 47.9 Å². The molecule has 39 heavy (non-hydrogen) atoms. The standard InChI is InChI=1S/C30H32N5O3P/c1-30(2)21-26-29(28(22-30)33-17-19-38-20-18-33)39(24-13-7-4-8-14-24,34(31-26)23-11-5-3-6-12-23)32-25-15-9-10-16-27(25)35(36)37/h3-16H,17-22H2,1-2H3/t39-/m0/s1. The average molecular weight is 542 g/mol. The molecule has 1 fully saturated rings. The first-order valence-electron chi connectivity index (χ1n) is 13.3. The van der Waals surface area contributed by atoms with Crippen LogP contribution in [-0.4, -0.2) is 41.8 Å². The van der Waals surface area contributed by atoms with Crippen molar-refractivity contribution in [2.24, 2.45) is 15.3 Å². The highest BCUT2D eigenvalue weighted by Crippen LogP contribution is 2.70. The van der Waals surface area contributed by atoms with E-state index in [0.29, 0.717) is 18.9 Å². The summed E-state index contributed by atoms with van der Waals surface area (Å²) < 4.78 is 13.3. The van der Waals surface area contributed by atoms with Crippen molar-refractivity contribution < 1.29 is 9.66 Å². The third kappa shape index (κ3) is 4.58. The van der Waals surface area contributed by atoms with Gasteiger partial charge in [-0.2, -0.15) is 5.10 Å². The molecule has 0 saturated carbocycles. The quantitative estimate of drug-likeness (QED) is 0.199. The molecule has 3 aliphatic rings. The van der Waals surface area contributed by atoms with Gasteiger partial charge in [0.15, 0.2) is 0 Å². The van der Waals surface area contributed by atoms with Crippen LogP contribution in [0, 0.1) is 15.5 Å². The van der Waals surface area contributed by atoms with Crippen molar-refractivity contribution in [3.63, 3.8) is 0 Å². The molecule has 0 spiro atoms. The molecule has 0 radical (unpaired) electrons. The highest BCUT2D eigenvalue weighted by Gasteiger charge is 2.49. The van der Waals surface area contributed by atoms with Crippen LogP contribution in [0.1, 0.15) is 26.7 Å². The molecule has 0 amide bonds. The second-order valence-electron chi connectivity index (χ2n) is 10.9. The van der Waals surface area contributed by atoms with Gasteiger partial charge in [0, 0.05) is 30.2 Å². The van der Waals surface area contributed by atoms with Crippen molar-refractivity contribution in [1.82, 2.24) is 4.90 Å². The molecule has 0 N–H and O–H groups in total. The first-order valence-corrected chi connectivity index (χ1v) is 15.0. The number of para-hydroxylation sites is 2. The Kier molecular flexibility index (Phi) is 6.61. The number of nitrogens with zero attached hydrogens (tertiary/aromatic N) is 5. The lowest BCUT2D eigenvalue weighted by Crippen LogP contribution is -2.40. The van der Waals surface area contributed by atoms with Gasteiger partial charge in [-0.3, -0.25) is 10.1 Å². The number of ether oxygens (including phenoxy) is 1. The van der Waals surface area contributed by atoms with Crippen molar-refractivity contribution in [3.8, 4) is 0 Å². The van der Waals surface area contributed by atoms with Crippen molar-refractivity contribution in [2.75, 3.05) is 31.1 Å². The molecule has 0 bridgehead atoms. The summed E-state index contributed by atoms with van der Waals surface area (Å²) in [4.78, 5) is 14.2. The lowest BCUT2D eigenvalue weighted by Gasteiger charge is -2.42. The van der Waals surface area contributed by atoms with Crippen LogP contribution in [0.25, 0.3) is 0 Å². The number of rotatable bonds is 5. The molecule has 9 heteroatoms. The van der Waals surface area contributed by atoms with Crippen LogP contribution in [0.2, 0.25) is 0 Å². The molecule has 0 aromatic heterocycles. The van der Waals surface area contributed by atoms with Gasteiger partial charge in [-0.25, -0.2) is 9.52 Å². The molecule has 1 saturated heterocycles. The zero-order valence-corrected chi connectivity index (χ0v) is 23.1. The van der Waals surface area contributed by atoms with Crippen LogP contribution in [-0.2, 0) is 4.74 Å². The lowest BCUT2D eigenvalue weighted by atomic mass is 9.78. The van der Waals surface area contributed by atoms with E-state index in [1.807, 2.05) is 54.6 Å². The summed E-state index contributed by atoms with van der Waals surface area (Å²) in [5.41, 5.74) is 3.57. The van der Waals surface area contributed by atoms with Crippen LogP contribution in [0.3, 0.4) is 0 Å². The zero-order chi connectivity index (χ0) is 27.0. The first kappa shape index (κ1) is 25.5. The molecule has 1 aliphatic carbocycles. The predicted molar refractivity (Wildman–Crippen MR) is 157 cm³/mol. The molecule has 3 aromatic rings. The monoisotopic (exact) mass is 541 g/mol. The van der Waals surface area contributed by atoms with E-state index in [1.165, 1.54) is 11.8 Å². The Balaban J connectivity index is 1.75. The number of hydrogen-bond donors (Lipinski definition) is 0. The molecule has 0 unspecified atom stereocenters. The number of nitro groups is 1. The van der Waals surface area contributed by atoms with Gasteiger partial charge in [-0.15, -0.1) is 0 Å². The number of benzene rings is 3. The summed E-state index contributed by atoms with van der Waals surface area (Å²) in [6.45, 7) is 7.52. The van der Waals surface area contributed by atoms with Gasteiger partial charge in [0.05, 0.1) is 34.9 Å². The van der Waals surface area contributed by atoms with Crippen molar-refractivity contribution in [3.05, 3.63) is 106 Å². The Hall–Kier alpha value is -3.74. The molecule has 3 aromatic carbocycles. The molecular formula is C30H32N5O3P. The summed E-state index contributed by atoms with van der Waals surface area (Å²) >= 11 is 0. The Bertz CT molecular complexity index is 1510. The Morgan fingerprint density at radius 2 is 1.56 bits per heavy atom. The Morgan fingerprint density at radius 3 is 2.26 bits per heavy atom. The smallest absolute Gasteiger partial charge is 0.294 e. The summed E-state index contributed by atoms with van der Waals surface area (Å²) in [5, 5.41) is 19.6. The third-order valence-corrected chi connectivity index (χ3v) is 11.0. The third-order valence-electron chi connectivity index (χ3n) is 7.47. The van der Waals surface area contributed by atoms with Gasteiger partial charge < -0.3 is 9.64 Å². The largest absolute Gasteiger partial charge is 0.378 e. The van der Waals surface area contributed by atoms with Gasteiger partial charge in [-0.1, -0.05) is 74.5 Å². The highest BCUT2D eigenvalue weighted by atomic mass is 31.2. The number of morpholine rings is 1. The molecular weight excluding hydrogens is 509 g/mol. The maximum absolute atomic E-state index is 12.1. The fourth-order valence-corrected chi connectivity index (χ4v) is 9.59. The minimum Gasteiger partial charge on any atom is -0.378 e. The normalized spacial score (nSPS) is 22.4. The summed E-state index contributed by atoms with van der Waals surface area (Å²) in [7, 11) is -2.88. The number of anilines is 1. The topological polar surface area (TPSA) is 83.6 Å². The molecule has 2 aliphatic heterocycles. The van der Waals surface area contributed by atoms with Crippen molar-refractivity contribution in [1.29, 1.82) is 0 Å². The van der Waals surface area contributed by atoms with Gasteiger partial charge in [0.1, 0.15) is 12.9 Å². The van der Waals surface area contributed by atoms with Crippen LogP contribution in [0.15, 0.2) is 106 Å². The van der Waals surface area contributed by atoms with E-state index in [9.17, 15) is 10.1 Å². The minimum atomic E-state index is -2.88. The molecule has 2 heterocycles. The fraction of sp³-hybridized carbons (Fsp3) is 0.300. The summed E-state index contributed by atoms with van der Waals surface area (Å²) in [6.07, 6.45) is 1.69. The first-order chi connectivity index (χ1) is 18.9. The molecule has 200 valence electrons. The second kappa shape index (κ2) is 10.1. The number of hydrogen-bond acceptors (Lipinski definition) is 6. The molecule has 8 nitrogen and oxygen atoms in total. The number of fused-ring (bicyclic) bond motifs is 1. The Labute approximate surface area is 228 Å². The van der Waals surface area contributed by atoms with E-state index in [4.69, 9.17) is 14.6 Å². The highest BCUT2D eigenvalue weighted by molar-refractivity contribution is 7.80. The van der Waals surface area contributed by atoms with Crippen molar-refractivity contribution >= 4 is 35.3 Å². The van der Waals surface area contributed by atoms with Gasteiger partial charge in [0.2, 0.25) is 0 Å². The summed E-state index contributed by atoms with van der Waals surface area (Å²) in [6, 6.07) is 27.1. The number of hydrazone groups is 1. The van der Waals surface area contributed by atoms with E-state index in [1.54, 1.807) is 12.1 Å². The predicted octanol–water partition coefficient (Wildman–Crippen LogP) is 6.91. The van der Waals surface area contributed by atoms with Crippen LogP contribution < -0.4 is 10.1 Å². The average Bonchev–Trinajstić information content (AvgIpc) is 3.27. The fourth-order valence-electron chi connectivity index (χ4n) is 5.78. The van der Waals surface area contributed by atoms with E-state index >= 15 is 0 Å². The maximum atomic E-state index is 12.1.